The smallest absolute Gasteiger partial charge is 0.338 e. The van der Waals surface area contributed by atoms with Crippen LogP contribution in [0.3, 0.4) is 0 Å². The summed E-state index contributed by atoms with van der Waals surface area (Å²) in [6.07, 6.45) is 0. The van der Waals surface area contributed by atoms with Crippen LogP contribution in [0.1, 0.15) is 28.4 Å². The minimum absolute atomic E-state index is 0.100. The van der Waals surface area contributed by atoms with E-state index in [-0.39, 0.29) is 19.1 Å². The minimum atomic E-state index is -0.449. The maximum Gasteiger partial charge on any atom is 0.338 e. The summed E-state index contributed by atoms with van der Waals surface area (Å²) in [7, 11) is 0. The van der Waals surface area contributed by atoms with Gasteiger partial charge in [-0.15, -0.1) is 0 Å². The molecule has 1 aliphatic rings. The Kier molecular flexibility index (Phi) is 7.68. The third-order valence-electron chi connectivity index (χ3n) is 4.81. The van der Waals surface area contributed by atoms with Gasteiger partial charge in [-0.2, -0.15) is 0 Å². The van der Waals surface area contributed by atoms with Crippen LogP contribution in [0.4, 0.5) is 0 Å². The van der Waals surface area contributed by atoms with Gasteiger partial charge >= 0.3 is 5.97 Å². The number of esters is 1. The third-order valence-corrected chi connectivity index (χ3v) is 4.81. The first-order valence-electron chi connectivity index (χ1n) is 10.0. The van der Waals surface area contributed by atoms with Crippen molar-refractivity contribution in [1.29, 1.82) is 0 Å². The summed E-state index contributed by atoms with van der Waals surface area (Å²) in [5.41, 5.74) is 2.38. The van der Waals surface area contributed by atoms with Crippen molar-refractivity contribution in [2.75, 3.05) is 39.5 Å². The van der Waals surface area contributed by atoms with Gasteiger partial charge in [-0.25, -0.2) is 4.79 Å². The number of benzene rings is 2. The summed E-state index contributed by atoms with van der Waals surface area (Å²) < 4.78 is 22.0. The number of morpholine rings is 1. The number of aryl methyl sites for hydroxylation is 1. The van der Waals surface area contributed by atoms with Crippen LogP contribution in [-0.4, -0.2) is 56.3 Å². The number of nitrogens with zero attached hydrogens (tertiary/aromatic N) is 1. The SMILES string of the molecule is CCOc1cc(C(=O)OCc2ccccc2C)ccc1OCC(=O)N1CCOCC1. The topological polar surface area (TPSA) is 74.3 Å². The number of carbonyl (C=O) groups is 2. The predicted molar refractivity (Wildman–Crippen MR) is 111 cm³/mol. The van der Waals surface area contributed by atoms with E-state index in [1.165, 1.54) is 0 Å². The Morgan fingerprint density at radius 3 is 2.53 bits per heavy atom. The van der Waals surface area contributed by atoms with E-state index in [9.17, 15) is 9.59 Å². The maximum absolute atomic E-state index is 12.5. The second-order valence-corrected chi connectivity index (χ2v) is 6.88. The first-order chi connectivity index (χ1) is 14.6. The highest BCUT2D eigenvalue weighted by molar-refractivity contribution is 5.90. The summed E-state index contributed by atoms with van der Waals surface area (Å²) in [6, 6.07) is 12.6. The molecule has 30 heavy (non-hydrogen) atoms. The van der Waals surface area contributed by atoms with Crippen molar-refractivity contribution in [3.8, 4) is 11.5 Å². The Bertz CT molecular complexity index is 876. The standard InChI is InChI=1S/C23H27NO6/c1-3-28-21-14-18(23(26)30-15-19-7-5-4-6-17(19)2)8-9-20(21)29-16-22(25)24-10-12-27-13-11-24/h4-9,14H,3,10-13,15-16H2,1-2H3. The lowest BCUT2D eigenvalue weighted by Crippen LogP contribution is -2.43. The predicted octanol–water partition coefficient (Wildman–Crippen LogP) is 2.99. The van der Waals surface area contributed by atoms with Crippen LogP contribution in [0.2, 0.25) is 0 Å². The zero-order chi connectivity index (χ0) is 21.3. The highest BCUT2D eigenvalue weighted by atomic mass is 16.5. The van der Waals surface area contributed by atoms with Gasteiger partial charge in [-0.1, -0.05) is 24.3 Å². The number of hydrogen-bond acceptors (Lipinski definition) is 6. The van der Waals surface area contributed by atoms with Gasteiger partial charge < -0.3 is 23.8 Å². The summed E-state index contributed by atoms with van der Waals surface area (Å²) >= 11 is 0. The van der Waals surface area contributed by atoms with Gasteiger partial charge in [0.1, 0.15) is 6.61 Å². The van der Waals surface area contributed by atoms with Crippen LogP contribution in [0.15, 0.2) is 42.5 Å². The van der Waals surface area contributed by atoms with Crippen molar-refractivity contribution in [2.45, 2.75) is 20.5 Å². The first-order valence-corrected chi connectivity index (χ1v) is 10.0. The summed E-state index contributed by atoms with van der Waals surface area (Å²) in [6.45, 7) is 6.50. The average Bonchev–Trinajstić information content (AvgIpc) is 2.78. The molecule has 0 bridgehead atoms. The molecule has 0 unspecified atom stereocenters. The molecule has 7 heteroatoms. The average molecular weight is 413 g/mol. The number of rotatable bonds is 8. The van der Waals surface area contributed by atoms with Gasteiger partial charge in [-0.05, 0) is 43.2 Å². The van der Waals surface area contributed by atoms with E-state index in [0.717, 1.165) is 11.1 Å². The maximum atomic E-state index is 12.5. The largest absolute Gasteiger partial charge is 0.490 e. The molecule has 1 aliphatic heterocycles. The number of carbonyl (C=O) groups excluding carboxylic acids is 2. The molecular formula is C23H27NO6. The lowest BCUT2D eigenvalue weighted by atomic mass is 10.1. The van der Waals surface area contributed by atoms with E-state index in [4.69, 9.17) is 18.9 Å². The molecule has 7 nitrogen and oxygen atoms in total. The molecule has 1 amide bonds. The fourth-order valence-electron chi connectivity index (χ4n) is 3.06. The van der Waals surface area contributed by atoms with E-state index in [0.29, 0.717) is 50.0 Å². The van der Waals surface area contributed by atoms with Gasteiger partial charge in [0.15, 0.2) is 18.1 Å². The Morgan fingerprint density at radius 1 is 1.03 bits per heavy atom. The molecule has 3 rings (SSSR count). The van der Waals surface area contributed by atoms with E-state index in [1.54, 1.807) is 23.1 Å². The Hall–Kier alpha value is -3.06. The van der Waals surface area contributed by atoms with E-state index in [1.807, 2.05) is 38.1 Å². The lowest BCUT2D eigenvalue weighted by molar-refractivity contribution is -0.137. The normalized spacial score (nSPS) is 13.6. The summed E-state index contributed by atoms with van der Waals surface area (Å²) in [5, 5.41) is 0. The van der Waals surface area contributed by atoms with Crippen molar-refractivity contribution in [1.82, 2.24) is 4.90 Å². The van der Waals surface area contributed by atoms with Gasteiger partial charge in [-0.3, -0.25) is 4.79 Å². The molecule has 2 aromatic carbocycles. The molecule has 0 aromatic heterocycles. The second-order valence-electron chi connectivity index (χ2n) is 6.88. The van der Waals surface area contributed by atoms with Crippen LogP contribution in [0.25, 0.3) is 0 Å². The minimum Gasteiger partial charge on any atom is -0.490 e. The molecule has 1 saturated heterocycles. The monoisotopic (exact) mass is 413 g/mol. The summed E-state index contributed by atoms with van der Waals surface area (Å²) in [5.74, 6) is 0.254. The van der Waals surface area contributed by atoms with Crippen LogP contribution in [-0.2, 0) is 20.9 Å². The molecule has 0 aliphatic carbocycles. The van der Waals surface area contributed by atoms with Crippen LogP contribution in [0.5, 0.6) is 11.5 Å². The Morgan fingerprint density at radius 2 is 1.80 bits per heavy atom. The van der Waals surface area contributed by atoms with Gasteiger partial charge in [0.05, 0.1) is 25.4 Å². The van der Waals surface area contributed by atoms with Crippen molar-refractivity contribution >= 4 is 11.9 Å². The Labute approximate surface area is 176 Å². The quantitative estimate of drug-likeness (QED) is 0.620. The third kappa shape index (κ3) is 5.73. The molecule has 160 valence electrons. The molecule has 0 spiro atoms. The highest BCUT2D eigenvalue weighted by Gasteiger charge is 2.19. The van der Waals surface area contributed by atoms with E-state index in [2.05, 4.69) is 0 Å². The first kappa shape index (κ1) is 21.6. The zero-order valence-corrected chi connectivity index (χ0v) is 17.4. The molecule has 2 aromatic rings. The van der Waals surface area contributed by atoms with Gasteiger partial charge in [0, 0.05) is 13.1 Å². The fraction of sp³-hybridized carbons (Fsp3) is 0.391. The van der Waals surface area contributed by atoms with Crippen molar-refractivity contribution in [3.05, 3.63) is 59.2 Å². The van der Waals surface area contributed by atoms with Crippen molar-refractivity contribution in [3.63, 3.8) is 0 Å². The van der Waals surface area contributed by atoms with Gasteiger partial charge in [0.2, 0.25) is 0 Å². The fourth-order valence-corrected chi connectivity index (χ4v) is 3.06. The molecule has 0 radical (unpaired) electrons. The molecule has 0 atom stereocenters. The molecule has 0 saturated carbocycles. The highest BCUT2D eigenvalue weighted by Crippen LogP contribution is 2.29. The van der Waals surface area contributed by atoms with Crippen molar-refractivity contribution < 1.29 is 28.5 Å². The van der Waals surface area contributed by atoms with Crippen LogP contribution in [0, 0.1) is 6.92 Å². The molecule has 1 fully saturated rings. The number of ether oxygens (including phenoxy) is 4. The second kappa shape index (κ2) is 10.6. The Balaban J connectivity index is 1.62. The van der Waals surface area contributed by atoms with E-state index < -0.39 is 5.97 Å². The number of amides is 1. The molecule has 0 N–H and O–H groups in total. The van der Waals surface area contributed by atoms with Crippen LogP contribution < -0.4 is 9.47 Å². The van der Waals surface area contributed by atoms with Crippen molar-refractivity contribution in [2.24, 2.45) is 0 Å². The van der Waals surface area contributed by atoms with Crippen LogP contribution >= 0.6 is 0 Å². The van der Waals surface area contributed by atoms with Gasteiger partial charge in [0.25, 0.3) is 5.91 Å². The molecule has 1 heterocycles. The summed E-state index contributed by atoms with van der Waals surface area (Å²) in [4.78, 5) is 26.5. The number of hydrogen-bond donors (Lipinski definition) is 0. The lowest BCUT2D eigenvalue weighted by Gasteiger charge is -2.26. The molecular weight excluding hydrogens is 386 g/mol. The van der Waals surface area contributed by atoms with E-state index >= 15 is 0 Å². The zero-order valence-electron chi connectivity index (χ0n) is 17.4.